The molecule has 0 aromatic heterocycles. The zero-order chi connectivity index (χ0) is 8.48. The van der Waals surface area contributed by atoms with Crippen molar-refractivity contribution in [2.45, 2.75) is 19.0 Å². The summed E-state index contributed by atoms with van der Waals surface area (Å²) in [6, 6.07) is 0. The van der Waals surface area contributed by atoms with Crippen molar-refractivity contribution in [3.8, 4) is 0 Å². The average Bonchev–Trinajstić information content (AvgIpc) is 1.86. The van der Waals surface area contributed by atoms with Gasteiger partial charge < -0.3 is 0 Å². The van der Waals surface area contributed by atoms with Crippen LogP contribution in [0.2, 0.25) is 0 Å². The Morgan fingerprint density at radius 2 is 1.91 bits per heavy atom. The van der Waals surface area contributed by atoms with E-state index in [4.69, 9.17) is 0 Å². The van der Waals surface area contributed by atoms with Crippen LogP contribution in [0.5, 0.6) is 0 Å². The normalized spacial score (nSPS) is 19.3. The summed E-state index contributed by atoms with van der Waals surface area (Å²) in [7, 11) is 0. The topological polar surface area (TPSA) is 0 Å². The molecular formula is C7H6F4. The molecule has 1 rings (SSSR count). The highest BCUT2D eigenvalue weighted by molar-refractivity contribution is 5.28. The number of allylic oxidation sites excluding steroid dienone is 4. The summed E-state index contributed by atoms with van der Waals surface area (Å²) in [6.45, 7) is 0. The monoisotopic (exact) mass is 166 g/mol. The van der Waals surface area contributed by atoms with Gasteiger partial charge in [-0.3, -0.25) is 0 Å². The number of hydrogen-bond donors (Lipinski definition) is 0. The molecule has 0 aromatic carbocycles. The summed E-state index contributed by atoms with van der Waals surface area (Å²) < 4.78 is 47.8. The second-order valence-electron chi connectivity index (χ2n) is 2.29. The molecule has 0 heterocycles. The summed E-state index contributed by atoms with van der Waals surface area (Å²) in [5, 5.41) is 0. The molecule has 0 bridgehead atoms. The Balaban J connectivity index is 2.82. The Labute approximate surface area is 61.2 Å². The maximum atomic E-state index is 12.3. The molecule has 0 atom stereocenters. The van der Waals surface area contributed by atoms with Gasteiger partial charge in [-0.15, -0.1) is 0 Å². The lowest BCUT2D eigenvalue weighted by molar-refractivity contribution is -0.0888. The highest BCUT2D eigenvalue weighted by Gasteiger charge is 2.33. The molecule has 0 unspecified atom stereocenters. The molecule has 0 saturated carbocycles. The molecule has 1 aliphatic rings. The van der Waals surface area contributed by atoms with Gasteiger partial charge in [0.05, 0.1) is 5.57 Å². The largest absolute Gasteiger partial charge is 0.416 e. The molecule has 11 heavy (non-hydrogen) atoms. The van der Waals surface area contributed by atoms with Crippen molar-refractivity contribution >= 4 is 0 Å². The first kappa shape index (κ1) is 8.30. The zero-order valence-electron chi connectivity index (χ0n) is 5.58. The van der Waals surface area contributed by atoms with Crippen LogP contribution in [0.25, 0.3) is 0 Å². The summed E-state index contributed by atoms with van der Waals surface area (Å²) in [5.74, 6) is -0.695. The predicted octanol–water partition coefficient (Wildman–Crippen LogP) is 3.12. The van der Waals surface area contributed by atoms with E-state index in [1.807, 2.05) is 0 Å². The fraction of sp³-hybridized carbons (Fsp3) is 0.429. The van der Waals surface area contributed by atoms with Gasteiger partial charge in [-0.1, -0.05) is 6.08 Å². The van der Waals surface area contributed by atoms with E-state index in [9.17, 15) is 17.6 Å². The molecule has 0 N–H and O–H groups in total. The van der Waals surface area contributed by atoms with Crippen molar-refractivity contribution in [2.75, 3.05) is 0 Å². The third kappa shape index (κ3) is 2.06. The van der Waals surface area contributed by atoms with E-state index in [1.165, 1.54) is 0 Å². The molecule has 0 radical (unpaired) electrons. The van der Waals surface area contributed by atoms with Gasteiger partial charge in [0.1, 0.15) is 5.83 Å². The molecule has 4 heteroatoms. The van der Waals surface area contributed by atoms with E-state index in [1.54, 1.807) is 0 Å². The smallest absolute Gasteiger partial charge is 0.212 e. The second kappa shape index (κ2) is 2.68. The molecule has 0 amide bonds. The third-order valence-corrected chi connectivity index (χ3v) is 1.39. The van der Waals surface area contributed by atoms with Crippen LogP contribution in [0.3, 0.4) is 0 Å². The van der Waals surface area contributed by atoms with E-state index >= 15 is 0 Å². The Hall–Kier alpha value is -0.800. The maximum absolute atomic E-state index is 12.3. The van der Waals surface area contributed by atoms with Gasteiger partial charge in [0.15, 0.2) is 0 Å². The van der Waals surface area contributed by atoms with Crippen molar-refractivity contribution in [3.05, 3.63) is 23.6 Å². The summed E-state index contributed by atoms with van der Waals surface area (Å²) >= 11 is 0. The standard InChI is InChI=1S/C7H6F4/c8-6-3-1-2-5(4-6)7(9,10)11/h2,4H,1,3H2. The Kier molecular flexibility index (Phi) is 2.02. The highest BCUT2D eigenvalue weighted by atomic mass is 19.4. The fourth-order valence-electron chi connectivity index (χ4n) is 0.863. The summed E-state index contributed by atoms with van der Waals surface area (Å²) in [4.78, 5) is 0. The third-order valence-electron chi connectivity index (χ3n) is 1.39. The first-order valence-corrected chi connectivity index (χ1v) is 3.13. The Morgan fingerprint density at radius 1 is 1.27 bits per heavy atom. The van der Waals surface area contributed by atoms with Crippen LogP contribution >= 0.6 is 0 Å². The van der Waals surface area contributed by atoms with Gasteiger partial charge in [-0.25, -0.2) is 4.39 Å². The lowest BCUT2D eigenvalue weighted by Gasteiger charge is -2.11. The van der Waals surface area contributed by atoms with Gasteiger partial charge in [-0.05, 0) is 12.5 Å². The number of alkyl halides is 3. The minimum atomic E-state index is -4.40. The van der Waals surface area contributed by atoms with Gasteiger partial charge in [0, 0.05) is 6.42 Å². The van der Waals surface area contributed by atoms with Gasteiger partial charge in [0.25, 0.3) is 0 Å². The first-order chi connectivity index (χ1) is 5.00. The van der Waals surface area contributed by atoms with Crippen molar-refractivity contribution in [2.24, 2.45) is 0 Å². The SMILES string of the molecule is FC1=CC(C(F)(F)F)=CCC1. The van der Waals surface area contributed by atoms with E-state index in [-0.39, 0.29) is 12.8 Å². The number of rotatable bonds is 0. The maximum Gasteiger partial charge on any atom is 0.416 e. The van der Waals surface area contributed by atoms with Gasteiger partial charge in [-0.2, -0.15) is 13.2 Å². The minimum absolute atomic E-state index is 0.0829. The van der Waals surface area contributed by atoms with Crippen LogP contribution in [0.1, 0.15) is 12.8 Å². The predicted molar refractivity (Wildman–Crippen MR) is 32.6 cm³/mol. The minimum Gasteiger partial charge on any atom is -0.212 e. The lowest BCUT2D eigenvalue weighted by atomic mass is 10.1. The van der Waals surface area contributed by atoms with Crippen molar-refractivity contribution in [1.82, 2.24) is 0 Å². The van der Waals surface area contributed by atoms with Crippen molar-refractivity contribution in [1.29, 1.82) is 0 Å². The van der Waals surface area contributed by atoms with Gasteiger partial charge >= 0.3 is 6.18 Å². The molecular weight excluding hydrogens is 160 g/mol. The Morgan fingerprint density at radius 3 is 2.27 bits per heavy atom. The molecule has 0 fully saturated rings. The quantitative estimate of drug-likeness (QED) is 0.485. The Bertz CT molecular complexity index is 209. The second-order valence-corrected chi connectivity index (χ2v) is 2.29. The van der Waals surface area contributed by atoms with Crippen molar-refractivity contribution in [3.63, 3.8) is 0 Å². The van der Waals surface area contributed by atoms with Crippen molar-refractivity contribution < 1.29 is 17.6 Å². The molecule has 0 aliphatic heterocycles. The van der Waals surface area contributed by atoms with E-state index < -0.39 is 17.6 Å². The first-order valence-electron chi connectivity index (χ1n) is 3.13. The van der Waals surface area contributed by atoms with Crippen LogP contribution in [0.15, 0.2) is 23.6 Å². The van der Waals surface area contributed by atoms with Crippen LogP contribution in [0, 0.1) is 0 Å². The highest BCUT2D eigenvalue weighted by Crippen LogP contribution is 2.31. The average molecular weight is 166 g/mol. The van der Waals surface area contributed by atoms with E-state index in [2.05, 4.69) is 0 Å². The lowest BCUT2D eigenvalue weighted by Crippen LogP contribution is -2.11. The fourth-order valence-corrected chi connectivity index (χ4v) is 0.863. The molecule has 1 aliphatic carbocycles. The molecule has 62 valence electrons. The van der Waals surface area contributed by atoms with E-state index in [0.29, 0.717) is 6.08 Å². The van der Waals surface area contributed by atoms with E-state index in [0.717, 1.165) is 6.08 Å². The zero-order valence-corrected chi connectivity index (χ0v) is 5.58. The number of hydrogen-bond acceptors (Lipinski definition) is 0. The summed E-state index contributed by atoms with van der Waals surface area (Å²) in [6.07, 6.45) is -2.64. The van der Waals surface area contributed by atoms with Crippen LogP contribution in [-0.4, -0.2) is 6.18 Å². The molecule has 0 aromatic rings. The molecule has 0 saturated heterocycles. The summed E-state index contributed by atoms with van der Waals surface area (Å²) in [5.41, 5.74) is -0.874. The number of halogens is 4. The molecule has 0 spiro atoms. The van der Waals surface area contributed by atoms with Crippen LogP contribution in [0.4, 0.5) is 17.6 Å². The van der Waals surface area contributed by atoms with Crippen LogP contribution in [-0.2, 0) is 0 Å². The van der Waals surface area contributed by atoms with Gasteiger partial charge in [0.2, 0.25) is 0 Å². The van der Waals surface area contributed by atoms with Crippen LogP contribution < -0.4 is 0 Å². The molecule has 0 nitrogen and oxygen atoms in total.